The van der Waals surface area contributed by atoms with Gasteiger partial charge in [0.2, 0.25) is 0 Å². The third-order valence-corrected chi connectivity index (χ3v) is 8.69. The zero-order valence-electron chi connectivity index (χ0n) is 23.0. The summed E-state index contributed by atoms with van der Waals surface area (Å²) in [5.74, 6) is 0.968. The molecule has 16 heteroatoms. The molecule has 1 aliphatic rings. The average Bonchev–Trinajstić information content (AvgIpc) is 3.40. The number of aromatic nitrogens is 2. The molecule has 1 fully saturated rings. The van der Waals surface area contributed by atoms with Gasteiger partial charge >= 0.3 is 7.05 Å². The van der Waals surface area contributed by atoms with E-state index >= 15 is 0 Å². The molecule has 2 unspecified atom stereocenters. The van der Waals surface area contributed by atoms with E-state index in [2.05, 4.69) is 15.0 Å². The van der Waals surface area contributed by atoms with Gasteiger partial charge in [-0.1, -0.05) is 5.11 Å². The van der Waals surface area contributed by atoms with E-state index in [1.54, 1.807) is 30.9 Å². The molecule has 2 aromatic heterocycles. The number of nitrogens with zero attached hydrogens (tertiary/aromatic N) is 6. The van der Waals surface area contributed by atoms with Gasteiger partial charge in [-0.05, 0) is 75.4 Å². The highest BCUT2D eigenvalue weighted by molar-refractivity contribution is 7.86. The summed E-state index contributed by atoms with van der Waals surface area (Å²) in [6.45, 7) is 2.14. The normalized spacial score (nSPS) is 16.2. The molecule has 1 aliphatic heterocycles. The quantitative estimate of drug-likeness (QED) is 0.0661. The maximum Gasteiger partial charge on any atom is 0.410 e. The van der Waals surface area contributed by atoms with E-state index in [1.807, 2.05) is 24.3 Å². The standard InChI is InChI=1S/C25H33BN6O7S2/c1-26(33)32(2)23-10-7-18(15-28-23)25-30-21-9-8-19(14-22(21)40-25)37-16-20(39-24-6-3-4-12-36-24)17-38-41(34,35)13-5-11-29-31-27/h7-10,14-15,20,24,33H,3-6,11-13,16-17H2,1-2H3. The van der Waals surface area contributed by atoms with Gasteiger partial charge in [-0.2, -0.15) is 8.42 Å². The molecule has 1 saturated heterocycles. The Kier molecular flexibility index (Phi) is 11.2. The molecular weight excluding hydrogens is 571 g/mol. The average molecular weight is 605 g/mol. The summed E-state index contributed by atoms with van der Waals surface area (Å²) >= 11 is 1.49. The van der Waals surface area contributed by atoms with Crippen molar-refractivity contribution in [3.8, 4) is 16.3 Å². The lowest BCUT2D eigenvalue weighted by molar-refractivity contribution is -0.198. The summed E-state index contributed by atoms with van der Waals surface area (Å²) in [5, 5.41) is 13.9. The number of pyridine rings is 1. The van der Waals surface area contributed by atoms with Gasteiger partial charge in [0.25, 0.3) is 10.1 Å². The summed E-state index contributed by atoms with van der Waals surface area (Å²) in [6.07, 6.45) is 3.35. The molecule has 0 spiro atoms. The van der Waals surface area contributed by atoms with Gasteiger partial charge in [-0.25, -0.2) is 9.97 Å². The van der Waals surface area contributed by atoms with Crippen molar-refractivity contribution in [2.24, 2.45) is 5.11 Å². The van der Waals surface area contributed by atoms with Crippen LogP contribution in [-0.2, 0) is 23.8 Å². The third-order valence-electron chi connectivity index (χ3n) is 6.34. The number of rotatable bonds is 15. The summed E-state index contributed by atoms with van der Waals surface area (Å²) in [4.78, 5) is 13.4. The van der Waals surface area contributed by atoms with Crippen LogP contribution < -0.4 is 9.55 Å². The van der Waals surface area contributed by atoms with Crippen LogP contribution in [0.5, 0.6) is 5.75 Å². The van der Waals surface area contributed by atoms with Gasteiger partial charge < -0.3 is 24.0 Å². The third kappa shape index (κ3) is 9.26. The Bertz CT molecular complexity index is 1430. The van der Waals surface area contributed by atoms with E-state index in [0.717, 1.165) is 33.6 Å². The molecule has 0 amide bonds. The molecule has 4 rings (SSSR count). The first kappa shape index (κ1) is 31.0. The molecule has 0 saturated carbocycles. The number of fused-ring (bicyclic) bond motifs is 1. The Morgan fingerprint density at radius 3 is 2.88 bits per heavy atom. The maximum absolute atomic E-state index is 12.3. The van der Waals surface area contributed by atoms with Gasteiger partial charge in [-0.15, -0.1) is 11.3 Å². The topological polar surface area (TPSA) is 169 Å². The lowest BCUT2D eigenvalue weighted by Gasteiger charge is -2.27. The van der Waals surface area contributed by atoms with Gasteiger partial charge in [0.05, 0.1) is 22.6 Å². The number of benzene rings is 1. The zero-order valence-corrected chi connectivity index (χ0v) is 24.6. The molecule has 1 aromatic carbocycles. The zero-order chi connectivity index (χ0) is 29.2. The molecule has 3 aromatic rings. The smallest absolute Gasteiger partial charge is 0.410 e. The largest absolute Gasteiger partial charge is 0.491 e. The predicted octanol–water partition coefficient (Wildman–Crippen LogP) is 4.24. The van der Waals surface area contributed by atoms with Crippen molar-refractivity contribution >= 4 is 44.5 Å². The highest BCUT2D eigenvalue weighted by atomic mass is 32.2. The molecular formula is C25H33BN6O7S2. The van der Waals surface area contributed by atoms with Crippen molar-refractivity contribution in [3.63, 3.8) is 0 Å². The molecule has 0 bridgehead atoms. The molecule has 1 N–H and O–H groups in total. The van der Waals surface area contributed by atoms with Crippen LogP contribution in [0.1, 0.15) is 25.7 Å². The van der Waals surface area contributed by atoms with Crippen molar-refractivity contribution in [2.75, 3.05) is 44.0 Å². The second-order valence-electron chi connectivity index (χ2n) is 9.52. The van der Waals surface area contributed by atoms with Crippen LogP contribution in [0.3, 0.4) is 0 Å². The van der Waals surface area contributed by atoms with Crippen LogP contribution >= 0.6 is 11.3 Å². The van der Waals surface area contributed by atoms with E-state index in [0.29, 0.717) is 24.6 Å². The second-order valence-corrected chi connectivity index (χ2v) is 12.3. The summed E-state index contributed by atoms with van der Waals surface area (Å²) in [6, 6.07) is 9.28. The molecule has 13 nitrogen and oxygen atoms in total. The van der Waals surface area contributed by atoms with Crippen LogP contribution in [0.25, 0.3) is 31.2 Å². The van der Waals surface area contributed by atoms with Crippen LogP contribution in [0.2, 0.25) is 6.82 Å². The molecule has 2 atom stereocenters. The molecule has 3 heterocycles. The Morgan fingerprint density at radius 1 is 1.32 bits per heavy atom. The number of hydrogen-bond acceptors (Lipinski definition) is 12. The van der Waals surface area contributed by atoms with Crippen LogP contribution in [-0.4, -0.2) is 82.0 Å². The lowest BCUT2D eigenvalue weighted by Crippen LogP contribution is -2.35. The van der Waals surface area contributed by atoms with Gasteiger partial charge in [0.15, 0.2) is 6.29 Å². The minimum Gasteiger partial charge on any atom is -0.491 e. The Balaban J connectivity index is 1.40. The number of azide groups is 1. The molecule has 220 valence electrons. The van der Waals surface area contributed by atoms with Crippen molar-refractivity contribution in [3.05, 3.63) is 47.0 Å². The van der Waals surface area contributed by atoms with Crippen molar-refractivity contribution in [2.45, 2.75) is 44.9 Å². The maximum atomic E-state index is 12.3. The molecule has 0 aliphatic carbocycles. The number of ether oxygens (including phenoxy) is 3. The van der Waals surface area contributed by atoms with E-state index in [-0.39, 0.29) is 31.9 Å². The highest BCUT2D eigenvalue weighted by Gasteiger charge is 2.23. The summed E-state index contributed by atoms with van der Waals surface area (Å²) in [7, 11) is -2.72. The van der Waals surface area contributed by atoms with Crippen LogP contribution in [0, 0.1) is 0 Å². The van der Waals surface area contributed by atoms with Gasteiger partial charge in [-0.3, -0.25) is 4.18 Å². The Morgan fingerprint density at radius 2 is 2.17 bits per heavy atom. The second kappa shape index (κ2) is 14.8. The first-order valence-corrected chi connectivity index (χ1v) is 15.7. The van der Waals surface area contributed by atoms with Crippen molar-refractivity contribution in [1.29, 1.82) is 0 Å². The van der Waals surface area contributed by atoms with E-state index in [1.165, 1.54) is 11.3 Å². The van der Waals surface area contributed by atoms with Crippen molar-refractivity contribution in [1.82, 2.24) is 9.97 Å². The number of thiazole rings is 1. The number of anilines is 1. The summed E-state index contributed by atoms with van der Waals surface area (Å²) in [5.41, 5.74) is 10.0. The fourth-order valence-electron chi connectivity index (χ4n) is 3.98. The SMILES string of the molecule is CB(O)N(C)c1ccc(-c2nc3ccc(OCC(COS(=O)(=O)CCCN=[N+]=[N-])OC4CCCCO4)cc3s2)cn1. The van der Waals surface area contributed by atoms with Crippen LogP contribution in [0.4, 0.5) is 5.82 Å². The minimum atomic E-state index is -3.83. The van der Waals surface area contributed by atoms with Gasteiger partial charge in [0, 0.05) is 29.8 Å². The first-order chi connectivity index (χ1) is 19.7. The first-order valence-electron chi connectivity index (χ1n) is 13.3. The fraction of sp³-hybridized carbons (Fsp3) is 0.520. The monoisotopic (exact) mass is 604 g/mol. The highest BCUT2D eigenvalue weighted by Crippen LogP contribution is 2.32. The number of hydrogen-bond donors (Lipinski definition) is 1. The minimum absolute atomic E-state index is 0.0491. The Hall–Kier alpha value is -2.98. The molecule has 41 heavy (non-hydrogen) atoms. The van der Waals surface area contributed by atoms with Gasteiger partial charge in [0.1, 0.15) is 29.3 Å². The molecule has 0 radical (unpaired) electrons. The predicted molar refractivity (Wildman–Crippen MR) is 157 cm³/mol. The van der Waals surface area contributed by atoms with Crippen LogP contribution in [0.15, 0.2) is 41.6 Å². The fourth-order valence-corrected chi connectivity index (χ4v) is 5.92. The van der Waals surface area contributed by atoms with E-state index in [9.17, 15) is 13.4 Å². The van der Waals surface area contributed by atoms with E-state index < -0.39 is 29.6 Å². The van der Waals surface area contributed by atoms with E-state index in [4.69, 9.17) is 28.9 Å². The summed E-state index contributed by atoms with van der Waals surface area (Å²) < 4.78 is 48.4. The van der Waals surface area contributed by atoms with Crippen molar-refractivity contribution < 1.29 is 31.8 Å². The Labute approximate surface area is 243 Å². The lowest BCUT2D eigenvalue weighted by atomic mass is 9.86.